The monoisotopic (exact) mass is 518 g/mol. The summed E-state index contributed by atoms with van der Waals surface area (Å²) in [6.45, 7) is 4.18. The van der Waals surface area contributed by atoms with E-state index in [-0.39, 0.29) is 24.3 Å². The van der Waals surface area contributed by atoms with Gasteiger partial charge in [-0.25, -0.2) is 0 Å². The first-order valence-electron chi connectivity index (χ1n) is 10.6. The first-order chi connectivity index (χ1) is 13.9. The van der Waals surface area contributed by atoms with Crippen LogP contribution in [-0.4, -0.2) is 36.2 Å². The number of carbonyl (C=O) groups excluding carboxylic acids is 2. The zero-order valence-electron chi connectivity index (χ0n) is 17.7. The van der Waals surface area contributed by atoms with Gasteiger partial charge in [0.05, 0.1) is 12.7 Å². The number of esters is 1. The van der Waals surface area contributed by atoms with Gasteiger partial charge in [-0.2, -0.15) is 0 Å². The Morgan fingerprint density at radius 1 is 1.07 bits per heavy atom. The molecule has 0 radical (unpaired) electrons. The zero-order chi connectivity index (χ0) is 21.5. The molecular weight excluding hydrogens is 483 g/mol. The Bertz CT molecular complexity index is 605. The third-order valence-electron chi connectivity index (χ3n) is 4.89. The molecule has 0 aliphatic rings. The van der Waals surface area contributed by atoms with Crippen LogP contribution >= 0.6 is 22.6 Å². The minimum absolute atomic E-state index is 0.0591. The molecule has 2 unspecified atom stereocenters. The number of aliphatic hydroxyl groups excluding tert-OH is 1. The van der Waals surface area contributed by atoms with Crippen LogP contribution in [0.1, 0.15) is 71.6 Å². The second-order valence-corrected chi connectivity index (χ2v) is 8.66. The average Bonchev–Trinajstić information content (AvgIpc) is 2.67. The SMILES string of the molecule is CCOC(=O)CCCCCCC(CCCC(O)COc1cccc(I)c1)C(C)=O. The lowest BCUT2D eigenvalue weighted by molar-refractivity contribution is -0.143. The Labute approximate surface area is 188 Å². The number of unbranched alkanes of at least 4 members (excludes halogenated alkanes) is 3. The fourth-order valence-corrected chi connectivity index (χ4v) is 3.74. The molecule has 0 aliphatic heterocycles. The molecule has 6 heteroatoms. The minimum atomic E-state index is -0.525. The molecule has 0 aliphatic carbocycles. The summed E-state index contributed by atoms with van der Waals surface area (Å²) in [6, 6.07) is 7.74. The Balaban J connectivity index is 2.15. The summed E-state index contributed by atoms with van der Waals surface area (Å²) in [5, 5.41) is 10.1. The molecule has 0 aromatic heterocycles. The van der Waals surface area contributed by atoms with Crippen LogP contribution in [-0.2, 0) is 14.3 Å². The summed E-state index contributed by atoms with van der Waals surface area (Å²) in [5.74, 6) is 0.921. The van der Waals surface area contributed by atoms with Gasteiger partial charge in [-0.1, -0.05) is 31.7 Å². The van der Waals surface area contributed by atoms with Crippen molar-refractivity contribution in [3.8, 4) is 5.75 Å². The molecule has 1 N–H and O–H groups in total. The molecule has 0 bridgehead atoms. The van der Waals surface area contributed by atoms with Crippen LogP contribution in [0, 0.1) is 9.49 Å². The maximum Gasteiger partial charge on any atom is 0.305 e. The molecule has 1 rings (SSSR count). The van der Waals surface area contributed by atoms with Crippen LogP contribution in [0.3, 0.4) is 0 Å². The van der Waals surface area contributed by atoms with Crippen LogP contribution in [0.25, 0.3) is 0 Å². The second kappa shape index (κ2) is 15.7. The van der Waals surface area contributed by atoms with Gasteiger partial charge in [0.15, 0.2) is 0 Å². The number of rotatable bonds is 16. The van der Waals surface area contributed by atoms with Crippen molar-refractivity contribution in [3.05, 3.63) is 27.8 Å². The average molecular weight is 518 g/mol. The molecule has 0 fully saturated rings. The number of ether oxygens (including phenoxy) is 2. The first kappa shape index (κ1) is 25.9. The van der Waals surface area contributed by atoms with E-state index in [0.29, 0.717) is 19.4 Å². The van der Waals surface area contributed by atoms with Gasteiger partial charge in [0, 0.05) is 15.9 Å². The number of carbonyl (C=O) groups is 2. The minimum Gasteiger partial charge on any atom is -0.491 e. The van der Waals surface area contributed by atoms with E-state index in [2.05, 4.69) is 22.6 Å². The lowest BCUT2D eigenvalue weighted by atomic mass is 9.91. The summed E-state index contributed by atoms with van der Waals surface area (Å²) in [4.78, 5) is 23.2. The standard InChI is InChI=1S/C23H35IO5/c1-3-28-23(27)15-7-5-4-6-10-19(18(2)25)11-8-13-21(26)17-29-22-14-9-12-20(24)16-22/h9,12,14,16,19,21,26H,3-8,10-11,13,15,17H2,1-2H3. The third kappa shape index (κ3) is 12.9. The molecule has 164 valence electrons. The zero-order valence-corrected chi connectivity index (χ0v) is 19.9. The highest BCUT2D eigenvalue weighted by atomic mass is 127. The van der Waals surface area contributed by atoms with Crippen LogP contribution in [0.15, 0.2) is 24.3 Å². The van der Waals surface area contributed by atoms with Crippen molar-refractivity contribution in [1.29, 1.82) is 0 Å². The predicted molar refractivity (Wildman–Crippen MR) is 123 cm³/mol. The molecule has 0 saturated carbocycles. The van der Waals surface area contributed by atoms with Gasteiger partial charge in [-0.3, -0.25) is 9.59 Å². The van der Waals surface area contributed by atoms with Crippen molar-refractivity contribution in [2.24, 2.45) is 5.92 Å². The van der Waals surface area contributed by atoms with Gasteiger partial charge in [-0.05, 0) is 80.3 Å². The van der Waals surface area contributed by atoms with E-state index in [9.17, 15) is 14.7 Å². The van der Waals surface area contributed by atoms with Gasteiger partial charge in [0.25, 0.3) is 0 Å². The van der Waals surface area contributed by atoms with E-state index >= 15 is 0 Å². The summed E-state index contributed by atoms with van der Waals surface area (Å²) >= 11 is 2.23. The maximum atomic E-state index is 11.9. The molecule has 0 saturated heterocycles. The summed E-state index contributed by atoms with van der Waals surface area (Å²) in [6.07, 6.45) is 6.92. The van der Waals surface area contributed by atoms with Crippen molar-refractivity contribution >= 4 is 34.3 Å². The van der Waals surface area contributed by atoms with Crippen LogP contribution in [0.4, 0.5) is 0 Å². The van der Waals surface area contributed by atoms with Gasteiger partial charge >= 0.3 is 5.97 Å². The lowest BCUT2D eigenvalue weighted by Gasteiger charge is -2.16. The molecular formula is C23H35IO5. The molecule has 0 amide bonds. The van der Waals surface area contributed by atoms with Crippen LogP contribution in [0.2, 0.25) is 0 Å². The Morgan fingerprint density at radius 2 is 1.79 bits per heavy atom. The molecule has 1 aromatic rings. The predicted octanol–water partition coefficient (Wildman–Crippen LogP) is 5.31. The number of halogens is 1. The number of hydrogen-bond acceptors (Lipinski definition) is 5. The quantitative estimate of drug-likeness (QED) is 0.183. The third-order valence-corrected chi connectivity index (χ3v) is 5.56. The molecule has 0 spiro atoms. The topological polar surface area (TPSA) is 72.8 Å². The van der Waals surface area contributed by atoms with Crippen LogP contribution in [0.5, 0.6) is 5.75 Å². The highest BCUT2D eigenvalue weighted by molar-refractivity contribution is 14.1. The smallest absolute Gasteiger partial charge is 0.305 e. The summed E-state index contributed by atoms with van der Waals surface area (Å²) < 4.78 is 11.6. The fraction of sp³-hybridized carbons (Fsp3) is 0.652. The number of benzene rings is 1. The van der Waals surface area contributed by atoms with Gasteiger partial charge in [0.1, 0.15) is 18.1 Å². The van der Waals surface area contributed by atoms with Gasteiger partial charge in [-0.15, -0.1) is 0 Å². The molecule has 29 heavy (non-hydrogen) atoms. The Kier molecular flexibility index (Phi) is 14.0. The van der Waals surface area contributed by atoms with Gasteiger partial charge < -0.3 is 14.6 Å². The number of Topliss-reactive ketones (excluding diaryl/α,β-unsaturated/α-hetero) is 1. The second-order valence-electron chi connectivity index (χ2n) is 7.42. The van der Waals surface area contributed by atoms with E-state index in [1.165, 1.54) is 0 Å². The molecule has 1 aromatic carbocycles. The number of aliphatic hydroxyl groups is 1. The van der Waals surface area contributed by atoms with Gasteiger partial charge in [0.2, 0.25) is 0 Å². The van der Waals surface area contributed by atoms with Crippen molar-refractivity contribution in [3.63, 3.8) is 0 Å². The first-order valence-corrected chi connectivity index (χ1v) is 11.7. The van der Waals surface area contributed by atoms with Crippen molar-refractivity contribution in [2.45, 2.75) is 77.7 Å². The number of hydrogen-bond donors (Lipinski definition) is 1. The van der Waals surface area contributed by atoms with Crippen LogP contribution < -0.4 is 4.74 Å². The largest absolute Gasteiger partial charge is 0.491 e. The van der Waals surface area contributed by atoms with Crippen molar-refractivity contribution in [1.82, 2.24) is 0 Å². The number of ketones is 1. The van der Waals surface area contributed by atoms with E-state index in [1.807, 2.05) is 31.2 Å². The fourth-order valence-electron chi connectivity index (χ4n) is 3.23. The highest BCUT2D eigenvalue weighted by Crippen LogP contribution is 2.20. The Hall–Kier alpha value is -1.15. The van der Waals surface area contributed by atoms with Crippen molar-refractivity contribution < 1.29 is 24.2 Å². The van der Waals surface area contributed by atoms with Crippen molar-refractivity contribution in [2.75, 3.05) is 13.2 Å². The highest BCUT2D eigenvalue weighted by Gasteiger charge is 2.15. The van der Waals surface area contributed by atoms with E-state index in [0.717, 1.165) is 54.3 Å². The maximum absolute atomic E-state index is 11.9. The molecule has 2 atom stereocenters. The lowest BCUT2D eigenvalue weighted by Crippen LogP contribution is -2.18. The van der Waals surface area contributed by atoms with E-state index in [4.69, 9.17) is 9.47 Å². The Morgan fingerprint density at radius 3 is 2.48 bits per heavy atom. The van der Waals surface area contributed by atoms with E-state index < -0.39 is 6.10 Å². The summed E-state index contributed by atoms with van der Waals surface area (Å²) in [5.41, 5.74) is 0. The summed E-state index contributed by atoms with van der Waals surface area (Å²) in [7, 11) is 0. The molecule has 0 heterocycles. The normalized spacial score (nSPS) is 13.0. The molecule has 5 nitrogen and oxygen atoms in total. The van der Waals surface area contributed by atoms with E-state index in [1.54, 1.807) is 6.92 Å².